The molecule has 1 aromatic rings. The standard InChI is InChI=1S/C30H24F6N2O5.C4H8O/c31-29(32,33)27-19-11-5-12-16-15(11)23(39)37(24(16)40)7-9-2-1-3-10(4-9)8-38-25(41)17-13-6-14(18(17)26(38)42)22(21(13)27)28(43-27,20(12)19)30(34,35)36;1-2-4-5-3-1/h1-4,11-22H,5-8H2;1-4H2/t11-,12+,13+,14-,15-,16+,17+,18-,19-,20+,21+,22-,27?,28?;. The molecule has 5 saturated heterocycles. The predicted molar refractivity (Wildman–Crippen MR) is 147 cm³/mol. The topological polar surface area (TPSA) is 93.2 Å². The van der Waals surface area contributed by atoms with Crippen LogP contribution in [-0.4, -0.2) is 70.2 Å². The zero-order chi connectivity index (χ0) is 33.4. The summed E-state index contributed by atoms with van der Waals surface area (Å²) in [5.74, 6) is -18.3. The lowest BCUT2D eigenvalue weighted by molar-refractivity contribution is -0.329. The van der Waals surface area contributed by atoms with Gasteiger partial charge < -0.3 is 9.47 Å². The molecular formula is C34H32F6N2O6. The number of hydrogen-bond acceptors (Lipinski definition) is 6. The van der Waals surface area contributed by atoms with Crippen LogP contribution >= 0.6 is 0 Å². The molecule has 9 fully saturated rings. The fraction of sp³-hybridized carbons (Fsp3) is 0.706. The third-order valence-corrected chi connectivity index (χ3v) is 14.2. The molecule has 12 rings (SSSR count). The highest BCUT2D eigenvalue weighted by Gasteiger charge is 2.97. The van der Waals surface area contributed by atoms with Gasteiger partial charge in [-0.3, -0.25) is 29.0 Å². The third-order valence-electron chi connectivity index (χ3n) is 14.2. The fourth-order valence-corrected chi connectivity index (χ4v) is 13.3. The summed E-state index contributed by atoms with van der Waals surface area (Å²) in [6.07, 6.45) is -8.08. The summed E-state index contributed by atoms with van der Waals surface area (Å²) in [6.45, 7) is 1.61. The molecule has 0 radical (unpaired) electrons. The monoisotopic (exact) mass is 678 g/mol. The zero-order valence-corrected chi connectivity index (χ0v) is 25.5. The molecule has 8 nitrogen and oxygen atoms in total. The van der Waals surface area contributed by atoms with Gasteiger partial charge >= 0.3 is 12.4 Å². The van der Waals surface area contributed by atoms with Crippen LogP contribution in [0, 0.1) is 71.0 Å². The van der Waals surface area contributed by atoms with Crippen LogP contribution in [0.2, 0.25) is 0 Å². The van der Waals surface area contributed by atoms with Crippen molar-refractivity contribution in [2.45, 2.75) is 62.3 Å². The Morgan fingerprint density at radius 2 is 0.958 bits per heavy atom. The zero-order valence-electron chi connectivity index (χ0n) is 25.5. The quantitative estimate of drug-likeness (QED) is 0.303. The number of hydrogen-bond donors (Lipinski definition) is 0. The largest absolute Gasteiger partial charge is 0.418 e. The molecule has 0 spiro atoms. The number of carbonyl (C=O) groups excluding carboxylic acids is 4. The maximum absolute atomic E-state index is 15.6. The van der Waals surface area contributed by atoms with Crippen molar-refractivity contribution >= 4 is 23.6 Å². The minimum atomic E-state index is -5.23. The highest BCUT2D eigenvalue weighted by molar-refractivity contribution is 6.07. The summed E-state index contributed by atoms with van der Waals surface area (Å²) in [5.41, 5.74) is -5.41. The fourth-order valence-electron chi connectivity index (χ4n) is 13.3. The van der Waals surface area contributed by atoms with Crippen molar-refractivity contribution in [2.24, 2.45) is 71.0 Å². The molecular weight excluding hydrogens is 646 g/mol. The molecule has 4 saturated carbocycles. The molecule has 4 amide bonds. The van der Waals surface area contributed by atoms with Crippen molar-refractivity contribution in [3.05, 3.63) is 35.4 Å². The number of nitrogens with zero attached hydrogens (tertiary/aromatic N) is 2. The molecule has 7 aliphatic heterocycles. The summed E-state index contributed by atoms with van der Waals surface area (Å²) in [6, 6.07) is 6.67. The second-order valence-electron chi connectivity index (χ2n) is 15.7. The molecule has 1 aromatic carbocycles. The van der Waals surface area contributed by atoms with Gasteiger partial charge in [0.15, 0.2) is 11.2 Å². The summed E-state index contributed by atoms with van der Waals surface area (Å²) < 4.78 is 104. The molecule has 7 heterocycles. The van der Waals surface area contributed by atoms with Crippen molar-refractivity contribution in [1.29, 1.82) is 0 Å². The second-order valence-corrected chi connectivity index (χ2v) is 15.7. The number of carbonyl (C=O) groups is 4. The van der Waals surface area contributed by atoms with Crippen LogP contribution in [0.1, 0.15) is 36.8 Å². The number of alkyl halides is 6. The van der Waals surface area contributed by atoms with E-state index in [0.717, 1.165) is 23.0 Å². The molecule has 0 N–H and O–H groups in total. The highest BCUT2D eigenvalue weighted by atomic mass is 19.4. The molecule has 48 heavy (non-hydrogen) atoms. The molecule has 14 atom stereocenters. The van der Waals surface area contributed by atoms with Gasteiger partial charge in [-0.25, -0.2) is 0 Å². The smallest absolute Gasteiger partial charge is 0.381 e. The number of rotatable bonds is 0. The van der Waals surface area contributed by atoms with Crippen molar-refractivity contribution in [2.75, 3.05) is 13.2 Å². The summed E-state index contributed by atoms with van der Waals surface area (Å²) >= 11 is 0. The second kappa shape index (κ2) is 9.01. The van der Waals surface area contributed by atoms with E-state index in [-0.39, 0.29) is 25.9 Å². The van der Waals surface area contributed by atoms with Crippen molar-refractivity contribution < 1.29 is 55.0 Å². The van der Waals surface area contributed by atoms with Gasteiger partial charge in [-0.2, -0.15) is 26.3 Å². The van der Waals surface area contributed by atoms with E-state index in [1.165, 1.54) is 12.8 Å². The van der Waals surface area contributed by atoms with Gasteiger partial charge in [-0.05, 0) is 60.5 Å². The van der Waals surface area contributed by atoms with E-state index in [4.69, 9.17) is 9.47 Å². The van der Waals surface area contributed by atoms with Gasteiger partial charge in [-0.15, -0.1) is 0 Å². The van der Waals surface area contributed by atoms with E-state index >= 15 is 26.3 Å². The summed E-state index contributed by atoms with van der Waals surface area (Å²) in [7, 11) is 0. The molecule has 256 valence electrons. The van der Waals surface area contributed by atoms with E-state index < -0.39 is 118 Å². The Kier molecular flexibility index (Phi) is 5.61. The van der Waals surface area contributed by atoms with E-state index in [1.54, 1.807) is 24.3 Å². The van der Waals surface area contributed by atoms with Crippen LogP contribution < -0.4 is 0 Å². The Hall–Kier alpha value is -3.00. The molecule has 2 unspecified atom stereocenters. The first-order valence-electron chi connectivity index (χ1n) is 16.9. The van der Waals surface area contributed by atoms with Gasteiger partial charge in [0, 0.05) is 36.9 Å². The first-order chi connectivity index (χ1) is 22.7. The Morgan fingerprint density at radius 3 is 1.25 bits per heavy atom. The average Bonchev–Trinajstić information content (AvgIpc) is 3.87. The maximum atomic E-state index is 15.6. The lowest BCUT2D eigenvalue weighted by Gasteiger charge is -2.53. The molecule has 14 heteroatoms. The Bertz CT molecular complexity index is 1500. The van der Waals surface area contributed by atoms with Crippen LogP contribution in [-0.2, 0) is 41.7 Å². The highest BCUT2D eigenvalue weighted by Crippen LogP contribution is 2.86. The van der Waals surface area contributed by atoms with Crippen LogP contribution in [0.4, 0.5) is 26.3 Å². The Morgan fingerprint density at radius 1 is 0.604 bits per heavy atom. The van der Waals surface area contributed by atoms with Crippen LogP contribution in [0.3, 0.4) is 0 Å². The summed E-state index contributed by atoms with van der Waals surface area (Å²) in [4.78, 5) is 57.2. The van der Waals surface area contributed by atoms with Crippen molar-refractivity contribution in [3.8, 4) is 0 Å². The van der Waals surface area contributed by atoms with E-state index in [1.807, 2.05) is 0 Å². The number of halogens is 6. The SMILES string of the molecule is C1CCOC1.O=C1[C@@H]2[C@H]3C[C@H]4[C@@H]2C(=O)N1Cc1cccc(c1)CN1C(=O)[C@@H]2[C@H]5C[C@@H]([C@@H]2C1=O)[C@H]1[C@@H]5C2(C(F)(F)F)OC1(C(F)(F)F)[C@H]3[C@H]42. The lowest BCUT2D eigenvalue weighted by atomic mass is 9.46. The average molecular weight is 679 g/mol. The normalized spacial score (nSPS) is 48.5. The van der Waals surface area contributed by atoms with Gasteiger partial charge in [-0.1, -0.05) is 24.3 Å². The minimum Gasteiger partial charge on any atom is -0.381 e. The van der Waals surface area contributed by atoms with Crippen LogP contribution in [0.15, 0.2) is 24.3 Å². The lowest BCUT2D eigenvalue weighted by Crippen LogP contribution is -2.66. The third kappa shape index (κ3) is 3.12. The van der Waals surface area contributed by atoms with Gasteiger partial charge in [0.05, 0.1) is 36.8 Å². The van der Waals surface area contributed by atoms with Gasteiger partial charge in [0.2, 0.25) is 23.6 Å². The van der Waals surface area contributed by atoms with E-state index in [0.29, 0.717) is 11.1 Å². The van der Waals surface area contributed by atoms with Gasteiger partial charge in [0.25, 0.3) is 0 Å². The Labute approximate surface area is 270 Å². The Balaban J connectivity index is 0.000000545. The van der Waals surface area contributed by atoms with E-state index in [2.05, 4.69) is 0 Å². The van der Waals surface area contributed by atoms with Crippen molar-refractivity contribution in [3.63, 3.8) is 0 Å². The molecule has 14 bridgehead atoms. The molecule has 0 aromatic heterocycles. The van der Waals surface area contributed by atoms with Crippen molar-refractivity contribution in [1.82, 2.24) is 9.80 Å². The maximum Gasteiger partial charge on any atom is 0.418 e. The summed E-state index contributed by atoms with van der Waals surface area (Å²) in [5, 5.41) is 0. The number of amides is 4. The predicted octanol–water partition coefficient (Wildman–Crippen LogP) is 4.11. The van der Waals surface area contributed by atoms with Crippen LogP contribution in [0.5, 0.6) is 0 Å². The number of imide groups is 2. The number of benzene rings is 1. The number of ether oxygens (including phenoxy) is 2. The minimum absolute atomic E-state index is 0.0856. The first kappa shape index (κ1) is 29.9. The van der Waals surface area contributed by atoms with Crippen LogP contribution in [0.25, 0.3) is 0 Å². The molecule has 4 aliphatic carbocycles. The van der Waals surface area contributed by atoms with E-state index in [9.17, 15) is 19.2 Å². The van der Waals surface area contributed by atoms with Gasteiger partial charge in [0.1, 0.15) is 0 Å². The first-order valence-corrected chi connectivity index (χ1v) is 16.9. The molecule has 11 aliphatic rings.